The van der Waals surface area contributed by atoms with E-state index in [-0.39, 0.29) is 12.6 Å². The van der Waals surface area contributed by atoms with Crippen molar-refractivity contribution in [1.29, 1.82) is 0 Å². The van der Waals surface area contributed by atoms with E-state index in [1.807, 2.05) is 0 Å². The maximum absolute atomic E-state index is 9.62. The summed E-state index contributed by atoms with van der Waals surface area (Å²) in [7, 11) is 0. The molecule has 100 valence electrons. The number of hydrogen-bond donors (Lipinski definition) is 1. The predicted molar refractivity (Wildman–Crippen MR) is 72.7 cm³/mol. The fraction of sp³-hybridized carbons (Fsp3) is 0.600. The maximum atomic E-state index is 9.62. The molecule has 0 bridgehead atoms. The van der Waals surface area contributed by atoms with Gasteiger partial charge in [0.05, 0.1) is 25.9 Å². The minimum absolute atomic E-state index is 0.115. The molecule has 1 N–H and O–H groups in total. The number of aliphatic hydroxyl groups excluding tert-OH is 1. The van der Waals surface area contributed by atoms with Crippen molar-refractivity contribution in [2.24, 2.45) is 0 Å². The molecule has 1 atom stereocenters. The monoisotopic (exact) mass is 249 g/mol. The zero-order chi connectivity index (χ0) is 12.8. The van der Waals surface area contributed by atoms with Crippen LogP contribution in [0, 0.1) is 0 Å². The number of ether oxygens (including phenoxy) is 1. The van der Waals surface area contributed by atoms with Crippen molar-refractivity contribution in [3.8, 4) is 0 Å². The molecule has 0 radical (unpaired) electrons. The summed E-state index contributed by atoms with van der Waals surface area (Å²) in [6.45, 7) is 5.71. The van der Waals surface area contributed by atoms with Crippen LogP contribution in [0.5, 0.6) is 0 Å². The summed E-state index contributed by atoms with van der Waals surface area (Å²) in [6.07, 6.45) is 2.30. The van der Waals surface area contributed by atoms with Gasteiger partial charge in [0.2, 0.25) is 0 Å². The minimum Gasteiger partial charge on any atom is -0.394 e. The van der Waals surface area contributed by atoms with Crippen molar-refractivity contribution < 1.29 is 9.84 Å². The standard InChI is InChI=1S/C15H23NO2/c1-2-3-13-4-6-14(7-5-13)15(12-17)16-8-10-18-11-9-16/h4-7,15,17H,2-3,8-12H2,1H3. The normalized spacial score (nSPS) is 18.8. The summed E-state index contributed by atoms with van der Waals surface area (Å²) in [5, 5.41) is 9.62. The Morgan fingerprint density at radius 2 is 1.89 bits per heavy atom. The van der Waals surface area contributed by atoms with Crippen LogP contribution in [0.2, 0.25) is 0 Å². The molecule has 0 spiro atoms. The van der Waals surface area contributed by atoms with Gasteiger partial charge in [-0.1, -0.05) is 37.6 Å². The molecule has 0 amide bonds. The molecule has 1 aromatic carbocycles. The highest BCUT2D eigenvalue weighted by atomic mass is 16.5. The lowest BCUT2D eigenvalue weighted by Gasteiger charge is -2.33. The van der Waals surface area contributed by atoms with E-state index >= 15 is 0 Å². The molecule has 0 aromatic heterocycles. The quantitative estimate of drug-likeness (QED) is 0.866. The molecule has 1 aliphatic rings. The first-order valence-corrected chi connectivity index (χ1v) is 6.86. The summed E-state index contributed by atoms with van der Waals surface area (Å²) in [5.41, 5.74) is 2.58. The minimum atomic E-state index is 0.115. The molecular weight excluding hydrogens is 226 g/mol. The van der Waals surface area contributed by atoms with Crippen LogP contribution in [0.15, 0.2) is 24.3 Å². The Morgan fingerprint density at radius 3 is 2.44 bits per heavy atom. The molecule has 1 aliphatic heterocycles. The van der Waals surface area contributed by atoms with E-state index in [1.54, 1.807) is 0 Å². The van der Waals surface area contributed by atoms with Crippen molar-refractivity contribution in [3.05, 3.63) is 35.4 Å². The summed E-state index contributed by atoms with van der Waals surface area (Å²) < 4.78 is 5.36. The van der Waals surface area contributed by atoms with Gasteiger partial charge in [-0.05, 0) is 17.5 Å². The van der Waals surface area contributed by atoms with Crippen LogP contribution >= 0.6 is 0 Å². The second-order valence-corrected chi connectivity index (χ2v) is 4.84. The first kappa shape index (κ1) is 13.5. The van der Waals surface area contributed by atoms with Crippen molar-refractivity contribution >= 4 is 0 Å². The van der Waals surface area contributed by atoms with Crippen LogP contribution in [0.3, 0.4) is 0 Å². The second-order valence-electron chi connectivity index (χ2n) is 4.84. The largest absolute Gasteiger partial charge is 0.394 e. The Bertz CT molecular complexity index is 344. The third-order valence-electron chi connectivity index (χ3n) is 3.56. The summed E-state index contributed by atoms with van der Waals surface area (Å²) >= 11 is 0. The van der Waals surface area contributed by atoms with E-state index in [9.17, 15) is 5.11 Å². The second kappa shape index (κ2) is 6.88. The van der Waals surface area contributed by atoms with Crippen molar-refractivity contribution in [2.75, 3.05) is 32.9 Å². The number of nitrogens with zero attached hydrogens (tertiary/aromatic N) is 1. The smallest absolute Gasteiger partial charge is 0.0628 e. The van der Waals surface area contributed by atoms with Gasteiger partial charge in [-0.25, -0.2) is 0 Å². The van der Waals surface area contributed by atoms with Crippen LogP contribution in [0.4, 0.5) is 0 Å². The highest BCUT2D eigenvalue weighted by Crippen LogP contribution is 2.22. The Morgan fingerprint density at radius 1 is 1.22 bits per heavy atom. The number of hydrogen-bond acceptors (Lipinski definition) is 3. The average Bonchev–Trinajstić information content (AvgIpc) is 2.43. The molecule has 3 heteroatoms. The number of aryl methyl sites for hydroxylation is 1. The van der Waals surface area contributed by atoms with Gasteiger partial charge in [0.1, 0.15) is 0 Å². The highest BCUT2D eigenvalue weighted by molar-refractivity contribution is 5.25. The third-order valence-corrected chi connectivity index (χ3v) is 3.56. The first-order chi connectivity index (χ1) is 8.85. The zero-order valence-corrected chi connectivity index (χ0v) is 11.1. The van der Waals surface area contributed by atoms with Crippen molar-refractivity contribution in [3.63, 3.8) is 0 Å². The third kappa shape index (κ3) is 3.31. The van der Waals surface area contributed by atoms with Crippen molar-refractivity contribution in [2.45, 2.75) is 25.8 Å². The molecule has 3 nitrogen and oxygen atoms in total. The van der Waals surface area contributed by atoms with Gasteiger partial charge in [0.15, 0.2) is 0 Å². The van der Waals surface area contributed by atoms with Gasteiger partial charge in [0.25, 0.3) is 0 Å². The van der Waals surface area contributed by atoms with Crippen LogP contribution in [0.1, 0.15) is 30.5 Å². The summed E-state index contributed by atoms with van der Waals surface area (Å²) in [6, 6.07) is 8.79. The molecule has 1 aromatic rings. The number of rotatable bonds is 5. The lowest BCUT2D eigenvalue weighted by Crippen LogP contribution is -2.40. The fourth-order valence-corrected chi connectivity index (χ4v) is 2.52. The van der Waals surface area contributed by atoms with Crippen molar-refractivity contribution in [1.82, 2.24) is 4.90 Å². The molecule has 18 heavy (non-hydrogen) atoms. The fourth-order valence-electron chi connectivity index (χ4n) is 2.52. The Balaban J connectivity index is 2.06. The van der Waals surface area contributed by atoms with Gasteiger partial charge >= 0.3 is 0 Å². The summed E-state index contributed by atoms with van der Waals surface area (Å²) in [5.74, 6) is 0. The topological polar surface area (TPSA) is 32.7 Å². The molecule has 1 fully saturated rings. The van der Waals surface area contributed by atoms with E-state index in [0.717, 1.165) is 32.7 Å². The predicted octanol–water partition coefficient (Wildman–Crippen LogP) is 2.00. The maximum Gasteiger partial charge on any atom is 0.0628 e. The van der Waals surface area contributed by atoms with E-state index in [0.29, 0.717) is 0 Å². The SMILES string of the molecule is CCCc1ccc(C(CO)N2CCOCC2)cc1. The lowest BCUT2D eigenvalue weighted by molar-refractivity contribution is 0.00259. The van der Waals surface area contributed by atoms with Gasteiger partial charge < -0.3 is 9.84 Å². The number of aliphatic hydroxyl groups is 1. The van der Waals surface area contributed by atoms with Gasteiger partial charge in [0, 0.05) is 13.1 Å². The van der Waals surface area contributed by atoms with Gasteiger partial charge in [-0.2, -0.15) is 0 Å². The highest BCUT2D eigenvalue weighted by Gasteiger charge is 2.21. The molecule has 0 saturated carbocycles. The van der Waals surface area contributed by atoms with Crippen LogP contribution < -0.4 is 0 Å². The van der Waals surface area contributed by atoms with Gasteiger partial charge in [-0.3, -0.25) is 4.90 Å². The van der Waals surface area contributed by atoms with E-state index in [4.69, 9.17) is 4.74 Å². The Labute approximate surface area is 109 Å². The van der Waals surface area contributed by atoms with E-state index < -0.39 is 0 Å². The molecule has 1 unspecified atom stereocenters. The molecule has 0 aliphatic carbocycles. The molecule has 1 heterocycles. The number of morpholine rings is 1. The van der Waals surface area contributed by atoms with E-state index in [2.05, 4.69) is 36.1 Å². The molecule has 1 saturated heterocycles. The Kier molecular flexibility index (Phi) is 5.17. The van der Waals surface area contributed by atoms with Crippen LogP contribution in [-0.4, -0.2) is 42.9 Å². The van der Waals surface area contributed by atoms with Gasteiger partial charge in [-0.15, -0.1) is 0 Å². The average molecular weight is 249 g/mol. The van der Waals surface area contributed by atoms with Crippen LogP contribution in [0.25, 0.3) is 0 Å². The first-order valence-electron chi connectivity index (χ1n) is 6.86. The summed E-state index contributed by atoms with van der Waals surface area (Å²) in [4.78, 5) is 2.30. The van der Waals surface area contributed by atoms with Crippen LogP contribution in [-0.2, 0) is 11.2 Å². The zero-order valence-electron chi connectivity index (χ0n) is 11.1. The number of benzene rings is 1. The molecule has 2 rings (SSSR count). The lowest BCUT2D eigenvalue weighted by atomic mass is 10.0. The Hall–Kier alpha value is -0.900. The molecular formula is C15H23NO2. The van der Waals surface area contributed by atoms with E-state index in [1.165, 1.54) is 17.5 Å².